The van der Waals surface area contributed by atoms with Gasteiger partial charge in [-0.2, -0.15) is 0 Å². The van der Waals surface area contributed by atoms with E-state index in [0.717, 1.165) is 45.3 Å². The third kappa shape index (κ3) is 4.88. The Balaban J connectivity index is 1.80. The fraction of sp³-hybridized carbons (Fsp3) is 0.727. The Kier molecular flexibility index (Phi) is 5.09. The first-order valence-electron chi connectivity index (χ1n) is 5.26. The van der Waals surface area contributed by atoms with E-state index in [2.05, 4.69) is 16.6 Å². The monoisotopic (exact) mass is 194 g/mol. The van der Waals surface area contributed by atoms with Gasteiger partial charge in [0.15, 0.2) is 0 Å². The minimum atomic E-state index is 0.218. The first-order chi connectivity index (χ1) is 6.84. The smallest absolute Gasteiger partial charge is 0.223 e. The van der Waals surface area contributed by atoms with Crippen LogP contribution in [0.25, 0.3) is 0 Å². The van der Waals surface area contributed by atoms with Crippen molar-refractivity contribution in [1.29, 1.82) is 0 Å². The fourth-order valence-electron chi connectivity index (χ4n) is 1.20. The summed E-state index contributed by atoms with van der Waals surface area (Å²) in [6.45, 7) is 2.50. The second kappa shape index (κ2) is 6.44. The normalized spacial score (nSPS) is 14.8. The number of nitrogens with one attached hydrogen (secondary N) is 2. The van der Waals surface area contributed by atoms with Crippen molar-refractivity contribution in [2.45, 2.75) is 25.7 Å². The Morgan fingerprint density at radius 1 is 1.36 bits per heavy atom. The molecule has 3 nitrogen and oxygen atoms in total. The summed E-state index contributed by atoms with van der Waals surface area (Å²) in [5.41, 5.74) is 0. The molecule has 0 saturated heterocycles. The number of rotatable bonds is 7. The standard InChI is InChI=1S/C11H18N2O/c1-2-3-4-7-12-8-9-13-11(14)10-5-6-10/h1,10,12H,3-9H2,(H,13,14). The van der Waals surface area contributed by atoms with E-state index in [9.17, 15) is 4.79 Å². The van der Waals surface area contributed by atoms with Crippen molar-refractivity contribution in [2.24, 2.45) is 5.92 Å². The van der Waals surface area contributed by atoms with Gasteiger partial charge in [-0.1, -0.05) is 0 Å². The van der Waals surface area contributed by atoms with Crippen molar-refractivity contribution in [3.05, 3.63) is 0 Å². The molecule has 0 unspecified atom stereocenters. The third-order valence-electron chi connectivity index (χ3n) is 2.22. The molecule has 1 rings (SSSR count). The lowest BCUT2D eigenvalue weighted by Gasteiger charge is -2.05. The van der Waals surface area contributed by atoms with E-state index in [4.69, 9.17) is 6.42 Å². The van der Waals surface area contributed by atoms with Gasteiger partial charge in [0.25, 0.3) is 0 Å². The van der Waals surface area contributed by atoms with E-state index in [0.29, 0.717) is 5.92 Å². The van der Waals surface area contributed by atoms with Gasteiger partial charge >= 0.3 is 0 Å². The van der Waals surface area contributed by atoms with Crippen LogP contribution in [0.2, 0.25) is 0 Å². The number of carbonyl (C=O) groups is 1. The molecule has 2 N–H and O–H groups in total. The molecule has 0 spiro atoms. The lowest BCUT2D eigenvalue weighted by molar-refractivity contribution is -0.122. The maximum atomic E-state index is 11.2. The quantitative estimate of drug-likeness (QED) is 0.458. The molecule has 0 aliphatic heterocycles. The number of terminal acetylenes is 1. The zero-order chi connectivity index (χ0) is 10.2. The Morgan fingerprint density at radius 2 is 2.14 bits per heavy atom. The van der Waals surface area contributed by atoms with E-state index < -0.39 is 0 Å². The maximum absolute atomic E-state index is 11.2. The first-order valence-corrected chi connectivity index (χ1v) is 5.26. The molecule has 3 heteroatoms. The van der Waals surface area contributed by atoms with E-state index in [1.807, 2.05) is 0 Å². The molecule has 1 amide bonds. The van der Waals surface area contributed by atoms with Crippen LogP contribution in [0.5, 0.6) is 0 Å². The van der Waals surface area contributed by atoms with Gasteiger partial charge in [0.05, 0.1) is 0 Å². The lowest BCUT2D eigenvalue weighted by atomic mass is 10.3. The Morgan fingerprint density at radius 3 is 2.79 bits per heavy atom. The minimum Gasteiger partial charge on any atom is -0.355 e. The molecular formula is C11H18N2O. The SMILES string of the molecule is C#CCCCNCCNC(=O)C1CC1. The van der Waals surface area contributed by atoms with Gasteiger partial charge in [-0.15, -0.1) is 12.3 Å². The van der Waals surface area contributed by atoms with Crippen LogP contribution in [0.4, 0.5) is 0 Å². The average Bonchev–Trinajstić information content (AvgIpc) is 2.99. The number of hydrogen-bond donors (Lipinski definition) is 2. The molecule has 0 heterocycles. The van der Waals surface area contributed by atoms with Crippen LogP contribution in [0.1, 0.15) is 25.7 Å². The summed E-state index contributed by atoms with van der Waals surface area (Å²) in [6.07, 6.45) is 9.08. The van der Waals surface area contributed by atoms with Crippen LogP contribution < -0.4 is 10.6 Å². The van der Waals surface area contributed by atoms with Gasteiger partial charge in [0.1, 0.15) is 0 Å². The maximum Gasteiger partial charge on any atom is 0.223 e. The van der Waals surface area contributed by atoms with Crippen molar-refractivity contribution in [3.63, 3.8) is 0 Å². The molecule has 0 radical (unpaired) electrons. The molecule has 0 aromatic rings. The summed E-state index contributed by atoms with van der Waals surface area (Å²) in [5.74, 6) is 3.12. The van der Waals surface area contributed by atoms with Crippen LogP contribution in [0.3, 0.4) is 0 Å². The second-order valence-electron chi connectivity index (χ2n) is 3.62. The molecule has 0 aromatic heterocycles. The van der Waals surface area contributed by atoms with Crippen LogP contribution in [-0.4, -0.2) is 25.5 Å². The minimum absolute atomic E-state index is 0.218. The van der Waals surface area contributed by atoms with Crippen molar-refractivity contribution >= 4 is 5.91 Å². The van der Waals surface area contributed by atoms with Gasteiger partial charge in [0.2, 0.25) is 5.91 Å². The first kappa shape index (κ1) is 11.1. The highest BCUT2D eigenvalue weighted by Crippen LogP contribution is 2.28. The Bertz CT molecular complexity index is 216. The summed E-state index contributed by atoms with van der Waals surface area (Å²) in [6, 6.07) is 0. The molecule has 1 saturated carbocycles. The van der Waals surface area contributed by atoms with E-state index in [-0.39, 0.29) is 5.91 Å². The molecule has 14 heavy (non-hydrogen) atoms. The number of hydrogen-bond acceptors (Lipinski definition) is 2. The largest absolute Gasteiger partial charge is 0.355 e. The highest BCUT2D eigenvalue weighted by molar-refractivity contribution is 5.80. The van der Waals surface area contributed by atoms with E-state index in [1.54, 1.807) is 0 Å². The number of unbranched alkanes of at least 4 members (excludes halogenated alkanes) is 1. The molecule has 0 atom stereocenters. The van der Waals surface area contributed by atoms with Crippen LogP contribution in [-0.2, 0) is 4.79 Å². The second-order valence-corrected chi connectivity index (χ2v) is 3.62. The van der Waals surface area contributed by atoms with Gasteiger partial charge in [-0.25, -0.2) is 0 Å². The van der Waals surface area contributed by atoms with Crippen molar-refractivity contribution in [1.82, 2.24) is 10.6 Å². The summed E-state index contributed by atoms with van der Waals surface area (Å²) in [4.78, 5) is 11.2. The summed E-state index contributed by atoms with van der Waals surface area (Å²) >= 11 is 0. The zero-order valence-corrected chi connectivity index (χ0v) is 8.51. The van der Waals surface area contributed by atoms with Crippen molar-refractivity contribution in [3.8, 4) is 12.3 Å². The predicted molar refractivity (Wildman–Crippen MR) is 56.7 cm³/mol. The van der Waals surface area contributed by atoms with Crippen molar-refractivity contribution in [2.75, 3.05) is 19.6 Å². The summed E-state index contributed by atoms with van der Waals surface area (Å²) in [5, 5.41) is 6.12. The third-order valence-corrected chi connectivity index (χ3v) is 2.22. The van der Waals surface area contributed by atoms with Gasteiger partial charge < -0.3 is 10.6 Å². The van der Waals surface area contributed by atoms with Gasteiger partial charge in [0, 0.05) is 25.4 Å². The molecule has 0 aromatic carbocycles. The Labute approximate surface area is 85.6 Å². The summed E-state index contributed by atoms with van der Waals surface area (Å²) < 4.78 is 0. The van der Waals surface area contributed by atoms with Gasteiger partial charge in [-0.05, 0) is 25.8 Å². The van der Waals surface area contributed by atoms with Crippen molar-refractivity contribution < 1.29 is 4.79 Å². The predicted octanol–water partition coefficient (Wildman–Crippen LogP) is 0.516. The molecule has 1 aliphatic rings. The number of amides is 1. The molecule has 1 aliphatic carbocycles. The molecular weight excluding hydrogens is 176 g/mol. The lowest BCUT2D eigenvalue weighted by Crippen LogP contribution is -2.32. The molecule has 78 valence electrons. The molecule has 0 bridgehead atoms. The van der Waals surface area contributed by atoms with E-state index in [1.165, 1.54) is 0 Å². The van der Waals surface area contributed by atoms with Crippen LogP contribution in [0, 0.1) is 18.3 Å². The zero-order valence-electron chi connectivity index (χ0n) is 8.51. The fourth-order valence-corrected chi connectivity index (χ4v) is 1.20. The highest BCUT2D eigenvalue weighted by Gasteiger charge is 2.28. The van der Waals surface area contributed by atoms with E-state index >= 15 is 0 Å². The Hall–Kier alpha value is -1.01. The molecule has 1 fully saturated rings. The van der Waals surface area contributed by atoms with Gasteiger partial charge in [-0.3, -0.25) is 4.79 Å². The average molecular weight is 194 g/mol. The highest BCUT2D eigenvalue weighted by atomic mass is 16.2. The van der Waals surface area contributed by atoms with Crippen LogP contribution >= 0.6 is 0 Å². The van der Waals surface area contributed by atoms with Crippen LogP contribution in [0.15, 0.2) is 0 Å². The number of carbonyl (C=O) groups excluding carboxylic acids is 1. The topological polar surface area (TPSA) is 41.1 Å². The summed E-state index contributed by atoms with van der Waals surface area (Å²) in [7, 11) is 0.